The number of hydrogen-bond donors (Lipinski definition) is 0. The number of rotatable bonds is 5. The van der Waals surface area contributed by atoms with Crippen molar-refractivity contribution < 1.29 is 9.66 Å². The van der Waals surface area contributed by atoms with Crippen molar-refractivity contribution in [3.63, 3.8) is 0 Å². The van der Waals surface area contributed by atoms with E-state index in [4.69, 9.17) is 27.9 Å². The van der Waals surface area contributed by atoms with E-state index in [1.165, 1.54) is 0 Å². The maximum absolute atomic E-state index is 11.2. The number of ether oxygens (including phenoxy) is 1. The normalized spacial score (nSPS) is 15.1. The summed E-state index contributed by atoms with van der Waals surface area (Å²) in [6.45, 7) is 8.13. The molecule has 1 aliphatic heterocycles. The van der Waals surface area contributed by atoms with Crippen LogP contribution in [0, 0.1) is 23.6 Å². The first-order chi connectivity index (χ1) is 14.3. The Morgan fingerprint density at radius 2 is 1.93 bits per heavy atom. The third kappa shape index (κ3) is 4.05. The van der Waals surface area contributed by atoms with Crippen molar-refractivity contribution in [2.24, 2.45) is 7.05 Å². The summed E-state index contributed by atoms with van der Waals surface area (Å²) < 4.78 is 7.35. The third-order valence-corrected chi connectivity index (χ3v) is 6.28. The first kappa shape index (κ1) is 21.1. The molecular formula is C22H21Cl2N3O3. The van der Waals surface area contributed by atoms with E-state index in [0.717, 1.165) is 46.4 Å². The number of morpholine rings is 1. The fourth-order valence-electron chi connectivity index (χ4n) is 3.79. The van der Waals surface area contributed by atoms with Crippen molar-refractivity contribution in [3.05, 3.63) is 79.4 Å². The highest BCUT2D eigenvalue weighted by Crippen LogP contribution is 2.34. The molecule has 6 nitrogen and oxygen atoms in total. The number of non-ortho nitro benzene ring substituents is 1. The van der Waals surface area contributed by atoms with Gasteiger partial charge in [-0.25, -0.2) is 0 Å². The number of aryl methyl sites for hydroxylation is 2. The zero-order valence-corrected chi connectivity index (χ0v) is 18.3. The second-order valence-corrected chi connectivity index (χ2v) is 8.21. The number of nitro benzene ring substituents is 1. The summed E-state index contributed by atoms with van der Waals surface area (Å²) in [6, 6.07) is 8.95. The van der Waals surface area contributed by atoms with Crippen LogP contribution in [0.1, 0.15) is 22.4 Å². The molecule has 8 heteroatoms. The Bertz CT molecular complexity index is 1120. The van der Waals surface area contributed by atoms with Crippen molar-refractivity contribution in [1.29, 1.82) is 0 Å². The van der Waals surface area contributed by atoms with Crippen LogP contribution in [0.2, 0.25) is 10.0 Å². The topological polar surface area (TPSA) is 60.5 Å². The average molecular weight is 446 g/mol. The van der Waals surface area contributed by atoms with E-state index in [9.17, 15) is 10.1 Å². The Morgan fingerprint density at radius 3 is 2.63 bits per heavy atom. The van der Waals surface area contributed by atoms with Crippen LogP contribution in [-0.4, -0.2) is 40.7 Å². The van der Waals surface area contributed by atoms with Gasteiger partial charge in [0.15, 0.2) is 0 Å². The van der Waals surface area contributed by atoms with E-state index in [2.05, 4.69) is 11.4 Å². The molecule has 4 rings (SSSR count). The Hall–Kier alpha value is -2.12. The SMILES string of the molecule is Cc1cc([N+](=O)[O-])cc2c1cc(Cc1c(Cl)ccc([C]N3CCOCC3)c1Cl)n2C. The number of halogens is 2. The highest BCUT2D eigenvalue weighted by molar-refractivity contribution is 6.36. The zero-order chi connectivity index (χ0) is 21.4. The van der Waals surface area contributed by atoms with Crippen LogP contribution in [-0.2, 0) is 18.2 Å². The first-order valence-corrected chi connectivity index (χ1v) is 10.4. The number of nitrogens with zero attached hydrogens (tertiary/aromatic N) is 3. The van der Waals surface area contributed by atoms with Gasteiger partial charge in [-0.1, -0.05) is 29.3 Å². The predicted octanol–water partition coefficient (Wildman–Crippen LogP) is 5.01. The Kier molecular flexibility index (Phi) is 6.02. The summed E-state index contributed by atoms with van der Waals surface area (Å²) in [5.74, 6) is 0. The van der Waals surface area contributed by atoms with Crippen LogP contribution < -0.4 is 0 Å². The van der Waals surface area contributed by atoms with Gasteiger partial charge in [0.25, 0.3) is 5.69 Å². The molecule has 0 atom stereocenters. The average Bonchev–Trinajstić information content (AvgIpc) is 3.04. The van der Waals surface area contributed by atoms with Gasteiger partial charge in [0.05, 0.1) is 35.2 Å². The van der Waals surface area contributed by atoms with Gasteiger partial charge in [0, 0.05) is 54.8 Å². The van der Waals surface area contributed by atoms with Gasteiger partial charge in [0.2, 0.25) is 0 Å². The molecule has 156 valence electrons. The maximum atomic E-state index is 11.2. The predicted molar refractivity (Wildman–Crippen MR) is 118 cm³/mol. The number of benzene rings is 2. The van der Waals surface area contributed by atoms with Crippen LogP contribution in [0.5, 0.6) is 0 Å². The molecule has 30 heavy (non-hydrogen) atoms. The Morgan fingerprint density at radius 1 is 1.20 bits per heavy atom. The second-order valence-electron chi connectivity index (χ2n) is 7.42. The van der Waals surface area contributed by atoms with E-state index in [1.54, 1.807) is 12.1 Å². The van der Waals surface area contributed by atoms with Gasteiger partial charge >= 0.3 is 0 Å². The van der Waals surface area contributed by atoms with E-state index < -0.39 is 0 Å². The molecule has 1 fully saturated rings. The van der Waals surface area contributed by atoms with Crippen molar-refractivity contribution in [3.8, 4) is 0 Å². The summed E-state index contributed by atoms with van der Waals surface area (Å²) >= 11 is 13.2. The molecule has 1 aliphatic rings. The lowest BCUT2D eigenvalue weighted by Crippen LogP contribution is -2.34. The monoisotopic (exact) mass is 445 g/mol. The third-order valence-electron chi connectivity index (χ3n) is 5.50. The van der Waals surface area contributed by atoms with Gasteiger partial charge < -0.3 is 9.30 Å². The molecule has 1 saturated heterocycles. The standard InChI is InChI=1S/C22H21Cl2N3O3/c1-14-9-17(27(28)29)12-21-18(14)10-16(25(21)2)11-19-20(23)4-3-15(22(19)24)13-26-5-7-30-8-6-26/h3-4,9-10,12H,5-8,11H2,1-2H3. The minimum atomic E-state index is -0.367. The molecule has 0 spiro atoms. The maximum Gasteiger partial charge on any atom is 0.271 e. The van der Waals surface area contributed by atoms with Gasteiger partial charge in [0.1, 0.15) is 0 Å². The molecule has 0 aliphatic carbocycles. The summed E-state index contributed by atoms with van der Waals surface area (Å²) in [4.78, 5) is 12.9. The fraction of sp³-hybridized carbons (Fsp3) is 0.318. The van der Waals surface area contributed by atoms with Gasteiger partial charge in [-0.3, -0.25) is 15.0 Å². The van der Waals surface area contributed by atoms with Crippen molar-refractivity contribution in [2.45, 2.75) is 13.3 Å². The quantitative estimate of drug-likeness (QED) is 0.408. The fourth-order valence-corrected chi connectivity index (χ4v) is 4.34. The van der Waals surface area contributed by atoms with Crippen LogP contribution in [0.3, 0.4) is 0 Å². The smallest absolute Gasteiger partial charge is 0.271 e. The molecule has 3 aromatic rings. The van der Waals surface area contributed by atoms with Crippen molar-refractivity contribution in [1.82, 2.24) is 9.47 Å². The minimum Gasteiger partial charge on any atom is -0.379 e. The summed E-state index contributed by atoms with van der Waals surface area (Å²) in [7, 11) is 1.90. The Balaban J connectivity index is 1.69. The molecule has 0 bridgehead atoms. The lowest BCUT2D eigenvalue weighted by atomic mass is 10.0. The van der Waals surface area contributed by atoms with Crippen LogP contribution in [0.25, 0.3) is 10.9 Å². The highest BCUT2D eigenvalue weighted by atomic mass is 35.5. The first-order valence-electron chi connectivity index (χ1n) is 9.64. The number of hydrogen-bond acceptors (Lipinski definition) is 4. The summed E-state index contributed by atoms with van der Waals surface area (Å²) in [5.41, 5.74) is 4.34. The molecule has 1 aromatic heterocycles. The van der Waals surface area contributed by atoms with E-state index in [1.807, 2.05) is 36.7 Å². The molecule has 2 aromatic carbocycles. The molecular weight excluding hydrogens is 425 g/mol. The van der Waals surface area contributed by atoms with Crippen LogP contribution in [0.15, 0.2) is 30.3 Å². The van der Waals surface area contributed by atoms with Gasteiger partial charge in [-0.15, -0.1) is 0 Å². The van der Waals surface area contributed by atoms with E-state index >= 15 is 0 Å². The summed E-state index contributed by atoms with van der Waals surface area (Å²) in [6.07, 6.45) is 0.509. The van der Waals surface area contributed by atoms with Crippen molar-refractivity contribution >= 4 is 39.8 Å². The minimum absolute atomic E-state index is 0.0838. The summed E-state index contributed by atoms with van der Waals surface area (Å²) in [5, 5.41) is 13.4. The van der Waals surface area contributed by atoms with Crippen LogP contribution in [0.4, 0.5) is 5.69 Å². The Labute approximate surface area is 185 Å². The largest absolute Gasteiger partial charge is 0.379 e. The molecule has 0 saturated carbocycles. The lowest BCUT2D eigenvalue weighted by Gasteiger charge is -2.26. The highest BCUT2D eigenvalue weighted by Gasteiger charge is 2.19. The molecule has 0 N–H and O–H groups in total. The number of nitro groups is 1. The lowest BCUT2D eigenvalue weighted by molar-refractivity contribution is -0.384. The van der Waals surface area contributed by atoms with Crippen molar-refractivity contribution in [2.75, 3.05) is 26.3 Å². The van der Waals surface area contributed by atoms with E-state index in [-0.39, 0.29) is 10.6 Å². The number of fused-ring (bicyclic) bond motifs is 1. The number of aromatic nitrogens is 1. The molecule has 0 unspecified atom stereocenters. The van der Waals surface area contributed by atoms with Gasteiger partial charge in [-0.05, 0) is 35.7 Å². The van der Waals surface area contributed by atoms with E-state index in [0.29, 0.717) is 29.7 Å². The second kappa shape index (κ2) is 8.55. The molecule has 2 heterocycles. The molecule has 2 radical (unpaired) electrons. The van der Waals surface area contributed by atoms with Gasteiger partial charge in [-0.2, -0.15) is 0 Å². The zero-order valence-electron chi connectivity index (χ0n) is 16.7. The van der Waals surface area contributed by atoms with Crippen LogP contribution >= 0.6 is 23.2 Å². The molecule has 0 amide bonds.